The Balaban J connectivity index is 2.03. The van der Waals surface area contributed by atoms with Crippen LogP contribution in [0, 0.1) is 0 Å². The van der Waals surface area contributed by atoms with Crippen molar-refractivity contribution in [3.63, 3.8) is 0 Å². The number of aryl methyl sites for hydroxylation is 1. The predicted molar refractivity (Wildman–Crippen MR) is 78.5 cm³/mol. The summed E-state index contributed by atoms with van der Waals surface area (Å²) in [6.07, 6.45) is 4.87. The van der Waals surface area contributed by atoms with Crippen molar-refractivity contribution >= 4 is 11.8 Å². The van der Waals surface area contributed by atoms with Gasteiger partial charge in [-0.2, -0.15) is 0 Å². The number of benzene rings is 1. The number of aromatic nitrogens is 3. The first-order chi connectivity index (χ1) is 9.31. The van der Waals surface area contributed by atoms with Gasteiger partial charge in [0.1, 0.15) is 0 Å². The minimum atomic E-state index is -0.140. The van der Waals surface area contributed by atoms with Crippen LogP contribution in [-0.2, 0) is 13.0 Å². The summed E-state index contributed by atoms with van der Waals surface area (Å²) in [6, 6.07) is 10.1. The molecule has 2 aromatic rings. The van der Waals surface area contributed by atoms with Crippen molar-refractivity contribution in [1.82, 2.24) is 14.8 Å². The number of H-pyrrole nitrogens is 1. The summed E-state index contributed by atoms with van der Waals surface area (Å²) in [7, 11) is 0. The fraction of sp³-hybridized carbons (Fsp3) is 0.286. The maximum absolute atomic E-state index is 11.7. The number of hydrogen-bond acceptors (Lipinski definition) is 3. The molecule has 0 atom stereocenters. The molecular formula is C14H17N3OS. The predicted octanol–water partition coefficient (Wildman–Crippen LogP) is 2.48. The van der Waals surface area contributed by atoms with Gasteiger partial charge in [-0.25, -0.2) is 9.89 Å². The maximum atomic E-state index is 11.7. The number of nitrogens with zero attached hydrogens (tertiary/aromatic N) is 2. The number of hydrogen-bond donors (Lipinski definition) is 1. The van der Waals surface area contributed by atoms with E-state index in [1.54, 1.807) is 16.3 Å². The molecule has 1 heterocycles. The molecule has 4 nitrogen and oxygen atoms in total. The van der Waals surface area contributed by atoms with E-state index in [2.05, 4.69) is 22.3 Å². The molecule has 100 valence electrons. The second-order valence-electron chi connectivity index (χ2n) is 4.08. The zero-order valence-electron chi connectivity index (χ0n) is 10.9. The third-order valence-corrected chi connectivity index (χ3v) is 3.66. The lowest BCUT2D eigenvalue weighted by molar-refractivity contribution is 0.616. The topological polar surface area (TPSA) is 50.7 Å². The molecule has 1 aromatic heterocycles. The van der Waals surface area contributed by atoms with E-state index >= 15 is 0 Å². The minimum absolute atomic E-state index is 0.140. The highest BCUT2D eigenvalue weighted by atomic mass is 32.2. The van der Waals surface area contributed by atoms with Crippen LogP contribution in [0.4, 0.5) is 0 Å². The van der Waals surface area contributed by atoms with Gasteiger partial charge in [-0.15, -0.1) is 5.10 Å². The van der Waals surface area contributed by atoms with Crippen LogP contribution in [0.25, 0.3) is 0 Å². The Morgan fingerprint density at radius 1 is 1.37 bits per heavy atom. The second-order valence-corrected chi connectivity index (χ2v) is 5.07. The van der Waals surface area contributed by atoms with Crippen molar-refractivity contribution in [2.45, 2.75) is 25.0 Å². The van der Waals surface area contributed by atoms with E-state index in [4.69, 9.17) is 0 Å². The van der Waals surface area contributed by atoms with Crippen LogP contribution < -0.4 is 5.69 Å². The number of nitrogens with one attached hydrogen (secondary N) is 1. The van der Waals surface area contributed by atoms with Crippen LogP contribution in [0.3, 0.4) is 0 Å². The molecule has 0 saturated heterocycles. The van der Waals surface area contributed by atoms with Crippen molar-refractivity contribution in [3.05, 3.63) is 58.5 Å². The van der Waals surface area contributed by atoms with Gasteiger partial charge in [0, 0.05) is 12.3 Å². The first-order valence-electron chi connectivity index (χ1n) is 6.24. The fourth-order valence-electron chi connectivity index (χ4n) is 1.72. The number of rotatable bonds is 6. The van der Waals surface area contributed by atoms with Crippen LogP contribution in [-0.4, -0.2) is 20.5 Å². The molecule has 0 fully saturated rings. The SMILES string of the molecule is C/C=C/CSc1n[nH]c(=O)n1CCc1ccccc1. The molecular weight excluding hydrogens is 258 g/mol. The lowest BCUT2D eigenvalue weighted by Crippen LogP contribution is -2.18. The minimum Gasteiger partial charge on any atom is -0.270 e. The molecule has 5 heteroatoms. The van der Waals surface area contributed by atoms with E-state index in [0.717, 1.165) is 17.3 Å². The molecule has 0 radical (unpaired) electrons. The molecule has 0 aliphatic carbocycles. The Kier molecular flexibility index (Phi) is 5.03. The van der Waals surface area contributed by atoms with Crippen molar-refractivity contribution in [1.29, 1.82) is 0 Å². The summed E-state index contributed by atoms with van der Waals surface area (Å²) in [4.78, 5) is 11.7. The average Bonchev–Trinajstić information content (AvgIpc) is 2.79. The Labute approximate surface area is 116 Å². The summed E-state index contributed by atoms with van der Waals surface area (Å²) in [5.74, 6) is 0.826. The molecule has 0 bridgehead atoms. The number of thioether (sulfide) groups is 1. The average molecular weight is 275 g/mol. The van der Waals surface area contributed by atoms with Gasteiger partial charge >= 0.3 is 5.69 Å². The summed E-state index contributed by atoms with van der Waals surface area (Å²) in [5.41, 5.74) is 1.08. The molecule has 19 heavy (non-hydrogen) atoms. The largest absolute Gasteiger partial charge is 0.343 e. The van der Waals surface area contributed by atoms with Gasteiger partial charge in [0.15, 0.2) is 5.16 Å². The Bertz CT molecular complexity index is 586. The second kappa shape index (κ2) is 6.99. The van der Waals surface area contributed by atoms with Crippen LogP contribution in [0.5, 0.6) is 0 Å². The highest BCUT2D eigenvalue weighted by Gasteiger charge is 2.07. The Morgan fingerprint density at radius 3 is 2.89 bits per heavy atom. The van der Waals surface area contributed by atoms with Gasteiger partial charge in [0.2, 0.25) is 0 Å². The van der Waals surface area contributed by atoms with Crippen LogP contribution in [0.1, 0.15) is 12.5 Å². The first-order valence-corrected chi connectivity index (χ1v) is 7.23. The monoisotopic (exact) mass is 275 g/mol. The molecule has 0 spiro atoms. The number of allylic oxidation sites excluding steroid dienone is 1. The normalized spacial score (nSPS) is 11.2. The molecule has 0 saturated carbocycles. The van der Waals surface area contributed by atoms with Crippen LogP contribution >= 0.6 is 11.8 Å². The third kappa shape index (κ3) is 3.86. The lowest BCUT2D eigenvalue weighted by Gasteiger charge is -2.04. The summed E-state index contributed by atoms with van der Waals surface area (Å²) >= 11 is 1.56. The smallest absolute Gasteiger partial charge is 0.270 e. The number of aromatic amines is 1. The summed E-state index contributed by atoms with van der Waals surface area (Å²) < 4.78 is 1.70. The van der Waals surface area contributed by atoms with E-state index in [-0.39, 0.29) is 5.69 Å². The summed E-state index contributed by atoms with van der Waals surface area (Å²) in [5, 5.41) is 7.32. The van der Waals surface area contributed by atoms with Crippen molar-refractivity contribution < 1.29 is 0 Å². The Hall–Kier alpha value is -1.75. The fourth-order valence-corrected chi connectivity index (χ4v) is 2.59. The van der Waals surface area contributed by atoms with Crippen LogP contribution in [0.15, 0.2) is 52.4 Å². The molecule has 1 N–H and O–H groups in total. The van der Waals surface area contributed by atoms with Crippen molar-refractivity contribution in [3.8, 4) is 0 Å². The maximum Gasteiger partial charge on any atom is 0.343 e. The van der Waals surface area contributed by atoms with Gasteiger partial charge in [-0.05, 0) is 18.9 Å². The third-order valence-electron chi connectivity index (χ3n) is 2.73. The van der Waals surface area contributed by atoms with Crippen LogP contribution in [0.2, 0.25) is 0 Å². The van der Waals surface area contributed by atoms with E-state index in [9.17, 15) is 4.79 Å². The van der Waals surface area contributed by atoms with E-state index in [1.807, 2.05) is 37.3 Å². The first kappa shape index (κ1) is 13.7. The quantitative estimate of drug-likeness (QED) is 0.651. The zero-order chi connectivity index (χ0) is 13.5. The van der Waals surface area contributed by atoms with Gasteiger partial charge < -0.3 is 0 Å². The lowest BCUT2D eigenvalue weighted by atomic mass is 10.1. The van der Waals surface area contributed by atoms with E-state index in [1.165, 1.54) is 5.56 Å². The zero-order valence-corrected chi connectivity index (χ0v) is 11.7. The molecule has 2 rings (SSSR count). The summed E-state index contributed by atoms with van der Waals surface area (Å²) in [6.45, 7) is 2.63. The van der Waals surface area contributed by atoms with Gasteiger partial charge in [0.05, 0.1) is 0 Å². The van der Waals surface area contributed by atoms with E-state index < -0.39 is 0 Å². The van der Waals surface area contributed by atoms with Gasteiger partial charge in [0.25, 0.3) is 0 Å². The molecule has 1 aromatic carbocycles. The van der Waals surface area contributed by atoms with E-state index in [0.29, 0.717) is 6.54 Å². The van der Waals surface area contributed by atoms with Crippen molar-refractivity contribution in [2.24, 2.45) is 0 Å². The van der Waals surface area contributed by atoms with Gasteiger partial charge in [-0.3, -0.25) is 4.57 Å². The van der Waals surface area contributed by atoms with Crippen molar-refractivity contribution in [2.75, 3.05) is 5.75 Å². The highest BCUT2D eigenvalue weighted by Crippen LogP contribution is 2.13. The molecule has 0 aliphatic rings. The Morgan fingerprint density at radius 2 is 2.16 bits per heavy atom. The molecule has 0 aliphatic heterocycles. The van der Waals surface area contributed by atoms with Gasteiger partial charge in [-0.1, -0.05) is 54.2 Å². The highest BCUT2D eigenvalue weighted by molar-refractivity contribution is 7.99. The standard InChI is InChI=1S/C14H17N3OS/c1-2-3-11-19-14-16-15-13(18)17(14)10-9-12-7-5-4-6-8-12/h2-8H,9-11H2,1H3,(H,15,18)/b3-2+. The molecule has 0 unspecified atom stereocenters. The molecule has 0 amide bonds.